The third kappa shape index (κ3) is 5.87. The van der Waals surface area contributed by atoms with Crippen molar-refractivity contribution in [3.63, 3.8) is 0 Å². The minimum atomic E-state index is -3.02. The van der Waals surface area contributed by atoms with Crippen molar-refractivity contribution in [3.8, 4) is 0 Å². The SMILES string of the molecule is NC1(CO)CC(=O)OOC(=O)C(O)(CC(=O)OOC=O)CC(=O)OOC1=O. The van der Waals surface area contributed by atoms with E-state index in [-0.39, 0.29) is 6.47 Å². The summed E-state index contributed by atoms with van der Waals surface area (Å²) in [6.45, 7) is -1.43. The van der Waals surface area contributed by atoms with Crippen molar-refractivity contribution < 1.29 is 68.3 Å². The lowest BCUT2D eigenvalue weighted by molar-refractivity contribution is -0.284. The van der Waals surface area contributed by atoms with Crippen molar-refractivity contribution in [1.29, 1.82) is 0 Å². The van der Waals surface area contributed by atoms with E-state index in [2.05, 4.69) is 29.3 Å². The third-order valence-corrected chi connectivity index (χ3v) is 3.00. The van der Waals surface area contributed by atoms with Gasteiger partial charge in [-0.05, 0) is 0 Å². The van der Waals surface area contributed by atoms with Crippen LogP contribution in [0.4, 0.5) is 0 Å². The summed E-state index contributed by atoms with van der Waals surface area (Å²) in [5, 5.41) is 19.3. The van der Waals surface area contributed by atoms with Crippen molar-refractivity contribution in [3.05, 3.63) is 0 Å². The minimum absolute atomic E-state index is 0.295. The molecule has 27 heavy (non-hydrogen) atoms. The van der Waals surface area contributed by atoms with Gasteiger partial charge in [0.2, 0.25) is 0 Å². The largest absolute Gasteiger partial charge is 0.394 e. The Balaban J connectivity index is 3.03. The zero-order valence-electron chi connectivity index (χ0n) is 13.3. The molecule has 0 radical (unpaired) electrons. The molecule has 1 aliphatic rings. The minimum Gasteiger partial charge on any atom is -0.394 e. The lowest BCUT2D eigenvalue weighted by Gasteiger charge is -2.25. The highest BCUT2D eigenvalue weighted by Crippen LogP contribution is 2.22. The van der Waals surface area contributed by atoms with E-state index in [1.807, 2.05) is 0 Å². The molecule has 0 spiro atoms. The monoisotopic (exact) mass is 395 g/mol. The first kappa shape index (κ1) is 21.7. The van der Waals surface area contributed by atoms with E-state index in [4.69, 9.17) is 10.8 Å². The molecule has 1 saturated heterocycles. The molecule has 0 aromatic heterocycles. The Kier molecular flexibility index (Phi) is 7.15. The molecule has 1 rings (SSSR count). The summed E-state index contributed by atoms with van der Waals surface area (Å²) in [6.07, 6.45) is -3.76. The normalized spacial score (nSPS) is 26.9. The predicted molar refractivity (Wildman–Crippen MR) is 70.4 cm³/mol. The van der Waals surface area contributed by atoms with E-state index in [9.17, 15) is 33.9 Å². The molecule has 150 valence electrons. The maximum Gasteiger partial charge on any atom is 0.387 e. The van der Waals surface area contributed by atoms with Gasteiger partial charge in [0, 0.05) is 0 Å². The van der Waals surface area contributed by atoms with Crippen molar-refractivity contribution in [2.45, 2.75) is 30.4 Å². The highest BCUT2D eigenvalue weighted by atomic mass is 17.2. The Hall–Kier alpha value is -3.30. The van der Waals surface area contributed by atoms with Crippen molar-refractivity contribution in [2.24, 2.45) is 5.73 Å². The van der Waals surface area contributed by atoms with E-state index in [1.54, 1.807) is 0 Å². The molecule has 15 heteroatoms. The van der Waals surface area contributed by atoms with Gasteiger partial charge in [0.1, 0.15) is 0 Å². The van der Waals surface area contributed by atoms with E-state index >= 15 is 0 Å². The molecular weight excluding hydrogens is 382 g/mol. The van der Waals surface area contributed by atoms with Crippen LogP contribution in [0, 0.1) is 0 Å². The molecule has 0 amide bonds. The third-order valence-electron chi connectivity index (χ3n) is 3.00. The van der Waals surface area contributed by atoms with Gasteiger partial charge >= 0.3 is 36.3 Å². The Morgan fingerprint density at radius 3 is 2.19 bits per heavy atom. The summed E-state index contributed by atoms with van der Waals surface area (Å²) in [5.74, 6) is -7.93. The van der Waals surface area contributed by atoms with Crippen LogP contribution in [0.1, 0.15) is 19.3 Å². The van der Waals surface area contributed by atoms with Gasteiger partial charge in [-0.15, -0.1) is 0 Å². The molecule has 0 aromatic carbocycles. The van der Waals surface area contributed by atoms with Gasteiger partial charge in [0.15, 0.2) is 11.1 Å². The number of hydrogen-bond donors (Lipinski definition) is 3. The number of aliphatic hydroxyl groups is 2. The molecule has 2 unspecified atom stereocenters. The van der Waals surface area contributed by atoms with Crippen LogP contribution < -0.4 is 5.73 Å². The fourth-order valence-corrected chi connectivity index (χ4v) is 1.63. The van der Waals surface area contributed by atoms with Crippen molar-refractivity contribution >= 4 is 36.3 Å². The number of carbonyl (C=O) groups excluding carboxylic acids is 6. The van der Waals surface area contributed by atoms with Crippen LogP contribution in [0.15, 0.2) is 0 Å². The number of carbonyl (C=O) groups is 6. The Morgan fingerprint density at radius 1 is 1.07 bits per heavy atom. The molecule has 0 saturated carbocycles. The van der Waals surface area contributed by atoms with E-state index in [1.165, 1.54) is 0 Å². The summed E-state index contributed by atoms with van der Waals surface area (Å²) >= 11 is 0. The molecule has 1 heterocycles. The lowest BCUT2D eigenvalue weighted by Crippen LogP contribution is -2.54. The van der Waals surface area contributed by atoms with Crippen LogP contribution in [0.3, 0.4) is 0 Å². The number of hydrogen-bond acceptors (Lipinski definition) is 15. The molecule has 0 bridgehead atoms. The van der Waals surface area contributed by atoms with Crippen LogP contribution in [0.5, 0.6) is 0 Å². The van der Waals surface area contributed by atoms with Crippen LogP contribution in [0.2, 0.25) is 0 Å². The van der Waals surface area contributed by atoms with Crippen LogP contribution in [0.25, 0.3) is 0 Å². The topological polar surface area (TPSA) is 224 Å². The summed E-state index contributed by atoms with van der Waals surface area (Å²) in [4.78, 5) is 91.7. The summed E-state index contributed by atoms with van der Waals surface area (Å²) in [7, 11) is 0. The van der Waals surface area contributed by atoms with Gasteiger partial charge < -0.3 is 15.9 Å². The maximum atomic E-state index is 11.9. The first-order valence-electron chi connectivity index (χ1n) is 6.82. The van der Waals surface area contributed by atoms with Crippen LogP contribution in [-0.4, -0.2) is 64.3 Å². The van der Waals surface area contributed by atoms with Gasteiger partial charge in [-0.25, -0.2) is 48.4 Å². The molecule has 0 aromatic rings. The van der Waals surface area contributed by atoms with Gasteiger partial charge in [-0.3, -0.25) is 9.68 Å². The van der Waals surface area contributed by atoms with Crippen molar-refractivity contribution in [1.82, 2.24) is 0 Å². The summed E-state index contributed by atoms with van der Waals surface area (Å²) in [6, 6.07) is 0. The molecule has 4 N–H and O–H groups in total. The molecule has 15 nitrogen and oxygen atoms in total. The van der Waals surface area contributed by atoms with Crippen LogP contribution >= 0.6 is 0 Å². The number of rotatable bonds is 5. The fraction of sp³-hybridized carbons (Fsp3) is 0.500. The average molecular weight is 395 g/mol. The number of aliphatic hydroxyl groups excluding tert-OH is 1. The second-order valence-electron chi connectivity index (χ2n) is 5.18. The summed E-state index contributed by atoms with van der Waals surface area (Å²) in [5.41, 5.74) is -0.0104. The van der Waals surface area contributed by atoms with Gasteiger partial charge in [0.05, 0.1) is 25.9 Å². The zero-order chi connectivity index (χ0) is 20.7. The molecule has 0 aliphatic carbocycles. The maximum absolute atomic E-state index is 11.9. The predicted octanol–water partition coefficient (Wildman–Crippen LogP) is -3.77. The lowest BCUT2D eigenvalue weighted by atomic mass is 9.96. The van der Waals surface area contributed by atoms with Gasteiger partial charge in [0.25, 0.3) is 0 Å². The Labute approximate surface area is 148 Å². The van der Waals surface area contributed by atoms with E-state index in [0.29, 0.717) is 0 Å². The van der Waals surface area contributed by atoms with Crippen LogP contribution in [-0.2, 0) is 58.1 Å². The van der Waals surface area contributed by atoms with Gasteiger partial charge in [-0.2, -0.15) is 0 Å². The second-order valence-corrected chi connectivity index (χ2v) is 5.18. The Morgan fingerprint density at radius 2 is 1.63 bits per heavy atom. The fourth-order valence-electron chi connectivity index (χ4n) is 1.63. The highest BCUT2D eigenvalue weighted by Gasteiger charge is 2.47. The zero-order valence-corrected chi connectivity index (χ0v) is 13.3. The standard InChI is InChI=1S/C12H13NO14/c13-11(4-14)1-6(16)24-27-10(20)12(21,2-7(17)23-22-5-15)3-8(18)25-26-9(11)19/h5,14,21H,1-4,13H2. The Bertz CT molecular complexity index is 646. The molecule has 1 aliphatic heterocycles. The quantitative estimate of drug-likeness (QED) is 0.231. The first-order chi connectivity index (χ1) is 12.6. The molecular formula is C12H13NO14. The molecule has 1 fully saturated rings. The smallest absolute Gasteiger partial charge is 0.387 e. The first-order valence-corrected chi connectivity index (χ1v) is 6.82. The van der Waals surface area contributed by atoms with E-state index in [0.717, 1.165) is 0 Å². The average Bonchev–Trinajstić information content (AvgIpc) is 2.61. The molecule has 2 atom stereocenters. The van der Waals surface area contributed by atoms with E-state index < -0.39 is 66.9 Å². The van der Waals surface area contributed by atoms with Gasteiger partial charge in [-0.1, -0.05) is 0 Å². The summed E-state index contributed by atoms with van der Waals surface area (Å²) < 4.78 is 0. The highest BCUT2D eigenvalue weighted by molar-refractivity contribution is 5.91. The second kappa shape index (κ2) is 8.88. The van der Waals surface area contributed by atoms with Crippen molar-refractivity contribution in [2.75, 3.05) is 6.61 Å². The number of nitrogens with two attached hydrogens (primary N) is 1.